The number of nitrogens with one attached hydrogen (secondary N) is 1. The number of anilines is 1. The van der Waals surface area contributed by atoms with Crippen LogP contribution in [0.1, 0.15) is 11.1 Å². The Labute approximate surface area is 190 Å². The molecule has 1 heterocycles. The van der Waals surface area contributed by atoms with Crippen LogP contribution < -0.4 is 25.0 Å². The van der Waals surface area contributed by atoms with Crippen molar-refractivity contribution in [3.05, 3.63) is 88.3 Å². The molecule has 3 aromatic carbocycles. The molecule has 4 aromatic rings. The van der Waals surface area contributed by atoms with Crippen molar-refractivity contribution in [2.75, 3.05) is 19.0 Å². The summed E-state index contributed by atoms with van der Waals surface area (Å²) >= 11 is 0. The van der Waals surface area contributed by atoms with Crippen molar-refractivity contribution >= 4 is 22.6 Å². The maximum Gasteiger partial charge on any atom is 0.262 e. The summed E-state index contributed by atoms with van der Waals surface area (Å²) in [5.41, 5.74) is 2.78. The van der Waals surface area contributed by atoms with E-state index in [1.54, 1.807) is 49.6 Å². The summed E-state index contributed by atoms with van der Waals surface area (Å²) < 4.78 is 21.9. The Hall–Kier alpha value is -4.26. The molecule has 0 saturated carbocycles. The van der Waals surface area contributed by atoms with Crippen molar-refractivity contribution in [2.45, 2.75) is 13.8 Å². The zero-order chi connectivity index (χ0) is 23.4. The minimum atomic E-state index is -0.314. The monoisotopic (exact) mass is 445 g/mol. The highest BCUT2D eigenvalue weighted by molar-refractivity contribution is 5.92. The second kappa shape index (κ2) is 9.48. The maximum atomic E-state index is 12.8. The average molecular weight is 445 g/mol. The van der Waals surface area contributed by atoms with Crippen LogP contribution in [0.25, 0.3) is 11.0 Å². The fourth-order valence-corrected chi connectivity index (χ4v) is 3.23. The Kier molecular flexibility index (Phi) is 6.31. The molecule has 0 spiro atoms. The van der Waals surface area contributed by atoms with Crippen molar-refractivity contribution in [1.82, 2.24) is 0 Å². The normalized spacial score (nSPS) is 10.6. The van der Waals surface area contributed by atoms with E-state index < -0.39 is 0 Å². The lowest BCUT2D eigenvalue weighted by molar-refractivity contribution is -0.118. The number of fused-ring (bicyclic) bond motifs is 1. The molecule has 0 aliphatic carbocycles. The van der Waals surface area contributed by atoms with E-state index in [0.29, 0.717) is 28.2 Å². The summed E-state index contributed by atoms with van der Waals surface area (Å²) in [6.45, 7) is 3.71. The number of hydrogen-bond acceptors (Lipinski definition) is 6. The quantitative estimate of drug-likeness (QED) is 0.419. The topological polar surface area (TPSA) is 87.0 Å². The molecule has 1 N–H and O–H groups in total. The van der Waals surface area contributed by atoms with Gasteiger partial charge in [-0.15, -0.1) is 0 Å². The van der Waals surface area contributed by atoms with Gasteiger partial charge in [0.15, 0.2) is 6.61 Å². The lowest BCUT2D eigenvalue weighted by Gasteiger charge is -2.11. The van der Waals surface area contributed by atoms with E-state index >= 15 is 0 Å². The highest BCUT2D eigenvalue weighted by atomic mass is 16.5. The van der Waals surface area contributed by atoms with Crippen molar-refractivity contribution in [1.29, 1.82) is 0 Å². The van der Waals surface area contributed by atoms with Gasteiger partial charge in [-0.3, -0.25) is 9.59 Å². The Morgan fingerprint density at radius 2 is 1.67 bits per heavy atom. The lowest BCUT2D eigenvalue weighted by atomic mass is 10.1. The van der Waals surface area contributed by atoms with E-state index in [4.69, 9.17) is 18.6 Å². The number of rotatable bonds is 7. The molecule has 0 fully saturated rings. The number of amides is 1. The van der Waals surface area contributed by atoms with Crippen LogP contribution >= 0.6 is 0 Å². The van der Waals surface area contributed by atoms with Crippen LogP contribution in [-0.4, -0.2) is 19.6 Å². The summed E-state index contributed by atoms with van der Waals surface area (Å²) in [5.74, 6) is 1.36. The Morgan fingerprint density at radius 1 is 0.939 bits per heavy atom. The first-order chi connectivity index (χ1) is 15.9. The van der Waals surface area contributed by atoms with Gasteiger partial charge >= 0.3 is 0 Å². The number of benzene rings is 3. The molecule has 168 valence electrons. The molecule has 0 aliphatic rings. The summed E-state index contributed by atoms with van der Waals surface area (Å²) in [6, 6.07) is 17.5. The predicted molar refractivity (Wildman–Crippen MR) is 126 cm³/mol. The van der Waals surface area contributed by atoms with Crippen molar-refractivity contribution < 1.29 is 23.4 Å². The number of aryl methyl sites for hydroxylation is 2. The van der Waals surface area contributed by atoms with Crippen LogP contribution in [0.3, 0.4) is 0 Å². The van der Waals surface area contributed by atoms with Gasteiger partial charge < -0.3 is 23.9 Å². The van der Waals surface area contributed by atoms with Crippen LogP contribution in [0.2, 0.25) is 0 Å². The second-order valence-corrected chi connectivity index (χ2v) is 7.52. The van der Waals surface area contributed by atoms with Gasteiger partial charge in [0.2, 0.25) is 11.2 Å². The molecule has 0 radical (unpaired) electrons. The van der Waals surface area contributed by atoms with Crippen LogP contribution in [0, 0.1) is 13.8 Å². The Balaban J connectivity index is 1.44. The Bertz CT molecular complexity index is 1360. The molecule has 7 heteroatoms. The lowest BCUT2D eigenvalue weighted by Crippen LogP contribution is -2.20. The third-order valence-electron chi connectivity index (χ3n) is 5.04. The van der Waals surface area contributed by atoms with Crippen molar-refractivity contribution in [3.8, 4) is 23.0 Å². The first-order valence-electron chi connectivity index (χ1n) is 10.3. The van der Waals surface area contributed by atoms with Gasteiger partial charge in [0, 0.05) is 11.8 Å². The molecule has 7 nitrogen and oxygen atoms in total. The first-order valence-corrected chi connectivity index (χ1v) is 10.3. The van der Waals surface area contributed by atoms with Gasteiger partial charge in [-0.2, -0.15) is 0 Å². The molecule has 4 rings (SSSR count). The van der Waals surface area contributed by atoms with Gasteiger partial charge in [-0.25, -0.2) is 0 Å². The summed E-state index contributed by atoms with van der Waals surface area (Å²) in [5, 5.41) is 3.18. The molecule has 0 saturated heterocycles. The van der Waals surface area contributed by atoms with Gasteiger partial charge in [0.1, 0.15) is 29.1 Å². The van der Waals surface area contributed by atoms with E-state index in [2.05, 4.69) is 5.32 Å². The fraction of sp³-hybridized carbons (Fsp3) is 0.154. The largest absolute Gasteiger partial charge is 0.497 e. The minimum Gasteiger partial charge on any atom is -0.497 e. The number of carbonyl (C=O) groups excluding carboxylic acids is 1. The maximum absolute atomic E-state index is 12.8. The number of methoxy groups -OCH3 is 1. The highest BCUT2D eigenvalue weighted by Crippen LogP contribution is 2.25. The van der Waals surface area contributed by atoms with Crippen LogP contribution in [0.15, 0.2) is 76.1 Å². The van der Waals surface area contributed by atoms with Gasteiger partial charge in [-0.1, -0.05) is 12.1 Å². The SMILES string of the molecule is COc1ccc(Oc2coc3cc(OCC(=O)Nc4cc(C)ccc4C)ccc3c2=O)cc1. The summed E-state index contributed by atoms with van der Waals surface area (Å²) in [4.78, 5) is 25.1. The van der Waals surface area contributed by atoms with Crippen LogP contribution in [0.5, 0.6) is 23.0 Å². The van der Waals surface area contributed by atoms with Gasteiger partial charge in [-0.05, 0) is 67.4 Å². The third-order valence-corrected chi connectivity index (χ3v) is 5.04. The molecular weight excluding hydrogens is 422 g/mol. The standard InChI is InChI=1S/C26H23NO6/c1-16-4-5-17(2)22(12-16)27-25(28)15-31-20-10-11-21-23(13-20)32-14-24(26(21)29)33-19-8-6-18(30-3)7-9-19/h4-14H,15H2,1-3H3,(H,27,28). The third kappa shape index (κ3) is 5.15. The summed E-state index contributed by atoms with van der Waals surface area (Å²) in [7, 11) is 1.57. The zero-order valence-electron chi connectivity index (χ0n) is 18.5. The van der Waals surface area contributed by atoms with Gasteiger partial charge in [0.05, 0.1) is 12.5 Å². The number of hydrogen-bond donors (Lipinski definition) is 1. The predicted octanol–water partition coefficient (Wildman–Crippen LogP) is 5.23. The molecular formula is C26H23NO6. The van der Waals surface area contributed by atoms with Crippen LogP contribution in [-0.2, 0) is 4.79 Å². The number of ether oxygens (including phenoxy) is 3. The van der Waals surface area contributed by atoms with Crippen molar-refractivity contribution in [3.63, 3.8) is 0 Å². The average Bonchev–Trinajstić information content (AvgIpc) is 2.82. The van der Waals surface area contributed by atoms with Gasteiger partial charge in [0.25, 0.3) is 5.91 Å². The minimum absolute atomic E-state index is 0.0641. The molecule has 0 atom stereocenters. The zero-order valence-corrected chi connectivity index (χ0v) is 18.5. The summed E-state index contributed by atoms with van der Waals surface area (Å²) in [6.07, 6.45) is 1.26. The number of carbonyl (C=O) groups is 1. The van der Waals surface area contributed by atoms with E-state index in [1.165, 1.54) is 6.26 Å². The fourth-order valence-electron chi connectivity index (χ4n) is 3.23. The van der Waals surface area contributed by atoms with Crippen LogP contribution in [0.4, 0.5) is 5.69 Å². The van der Waals surface area contributed by atoms with E-state index in [0.717, 1.165) is 16.8 Å². The highest BCUT2D eigenvalue weighted by Gasteiger charge is 2.12. The Morgan fingerprint density at radius 3 is 2.42 bits per heavy atom. The smallest absolute Gasteiger partial charge is 0.262 e. The van der Waals surface area contributed by atoms with E-state index in [9.17, 15) is 9.59 Å². The second-order valence-electron chi connectivity index (χ2n) is 7.52. The molecule has 1 aromatic heterocycles. The molecule has 0 aliphatic heterocycles. The molecule has 1 amide bonds. The van der Waals surface area contributed by atoms with Crippen molar-refractivity contribution in [2.24, 2.45) is 0 Å². The van der Waals surface area contributed by atoms with E-state index in [1.807, 2.05) is 32.0 Å². The molecule has 33 heavy (non-hydrogen) atoms. The van der Waals surface area contributed by atoms with E-state index in [-0.39, 0.29) is 23.7 Å². The molecule has 0 unspecified atom stereocenters. The molecule has 0 bridgehead atoms. The first kappa shape index (κ1) is 22.0.